The average molecular weight is 393 g/mol. The van der Waals surface area contributed by atoms with Gasteiger partial charge in [0.1, 0.15) is 0 Å². The second kappa shape index (κ2) is 8.47. The van der Waals surface area contributed by atoms with E-state index in [0.29, 0.717) is 11.3 Å². The molecule has 6 nitrogen and oxygen atoms in total. The second-order valence-electron chi connectivity index (χ2n) is 7.83. The first kappa shape index (κ1) is 20.6. The number of hydrogen-bond donors (Lipinski definition) is 2. The van der Waals surface area contributed by atoms with Crippen LogP contribution in [-0.2, 0) is 9.59 Å². The molecule has 1 saturated carbocycles. The summed E-state index contributed by atoms with van der Waals surface area (Å²) in [4.78, 5) is 38.5. The molecule has 3 amide bonds. The number of nitrogens with one attached hydrogen (secondary N) is 2. The van der Waals surface area contributed by atoms with Crippen molar-refractivity contribution in [2.24, 2.45) is 5.92 Å². The molecule has 1 aliphatic carbocycles. The molecule has 2 aromatic rings. The maximum atomic E-state index is 12.7. The topological polar surface area (TPSA) is 78.5 Å². The minimum Gasteiger partial charge on any atom is -0.332 e. The molecule has 29 heavy (non-hydrogen) atoms. The van der Waals surface area contributed by atoms with E-state index in [2.05, 4.69) is 10.6 Å². The SMILES string of the molecule is Cc1cc(C)c(NC(=O)CN(C)C(=O)c2cccc(NC(=O)C3CC3)c2)c(C)c1. The Morgan fingerprint density at radius 1 is 1.00 bits per heavy atom. The summed E-state index contributed by atoms with van der Waals surface area (Å²) in [6.45, 7) is 5.85. The fourth-order valence-electron chi connectivity index (χ4n) is 3.38. The Balaban J connectivity index is 1.63. The van der Waals surface area contributed by atoms with E-state index in [9.17, 15) is 14.4 Å². The van der Waals surface area contributed by atoms with Crippen LogP contribution in [0.25, 0.3) is 0 Å². The van der Waals surface area contributed by atoms with Crippen LogP contribution in [0.3, 0.4) is 0 Å². The van der Waals surface area contributed by atoms with Gasteiger partial charge in [-0.3, -0.25) is 14.4 Å². The number of anilines is 2. The van der Waals surface area contributed by atoms with Gasteiger partial charge in [-0.05, 0) is 62.9 Å². The number of amides is 3. The van der Waals surface area contributed by atoms with E-state index in [1.165, 1.54) is 4.90 Å². The minimum absolute atomic E-state index is 0.00818. The number of aryl methyl sites for hydroxylation is 3. The van der Waals surface area contributed by atoms with Crippen molar-refractivity contribution in [2.75, 3.05) is 24.2 Å². The van der Waals surface area contributed by atoms with E-state index in [1.54, 1.807) is 31.3 Å². The van der Waals surface area contributed by atoms with Gasteiger partial charge >= 0.3 is 0 Å². The minimum atomic E-state index is -0.278. The lowest BCUT2D eigenvalue weighted by Gasteiger charge is -2.19. The second-order valence-corrected chi connectivity index (χ2v) is 7.83. The molecule has 0 bridgehead atoms. The molecule has 0 spiro atoms. The van der Waals surface area contributed by atoms with Crippen LogP contribution in [0.15, 0.2) is 36.4 Å². The van der Waals surface area contributed by atoms with Gasteiger partial charge < -0.3 is 15.5 Å². The Morgan fingerprint density at radius 2 is 1.66 bits per heavy atom. The Hall–Kier alpha value is -3.15. The first-order chi connectivity index (χ1) is 13.7. The number of hydrogen-bond acceptors (Lipinski definition) is 3. The molecule has 0 heterocycles. The molecular weight excluding hydrogens is 366 g/mol. The molecule has 0 aromatic heterocycles. The molecule has 1 aliphatic rings. The predicted octanol–water partition coefficient (Wildman–Crippen LogP) is 3.67. The molecule has 0 aliphatic heterocycles. The van der Waals surface area contributed by atoms with Gasteiger partial charge in [-0.15, -0.1) is 0 Å². The van der Waals surface area contributed by atoms with Crippen molar-refractivity contribution in [1.29, 1.82) is 0 Å². The van der Waals surface area contributed by atoms with Crippen molar-refractivity contribution < 1.29 is 14.4 Å². The molecule has 1 fully saturated rings. The number of rotatable bonds is 6. The van der Waals surface area contributed by atoms with Crippen LogP contribution in [0.1, 0.15) is 39.9 Å². The van der Waals surface area contributed by atoms with E-state index in [1.807, 2.05) is 32.9 Å². The monoisotopic (exact) mass is 393 g/mol. The average Bonchev–Trinajstić information content (AvgIpc) is 3.49. The molecule has 0 unspecified atom stereocenters. The van der Waals surface area contributed by atoms with Gasteiger partial charge in [0.15, 0.2) is 0 Å². The molecule has 6 heteroatoms. The van der Waals surface area contributed by atoms with Gasteiger partial charge in [0, 0.05) is 29.9 Å². The van der Waals surface area contributed by atoms with E-state index >= 15 is 0 Å². The normalized spacial score (nSPS) is 13.0. The summed E-state index contributed by atoms with van der Waals surface area (Å²) in [6.07, 6.45) is 1.84. The van der Waals surface area contributed by atoms with Gasteiger partial charge in [0.2, 0.25) is 11.8 Å². The zero-order valence-corrected chi connectivity index (χ0v) is 17.3. The number of nitrogens with zero attached hydrogens (tertiary/aromatic N) is 1. The summed E-state index contributed by atoms with van der Waals surface area (Å²) in [5.41, 5.74) is 4.92. The van der Waals surface area contributed by atoms with Crippen molar-refractivity contribution in [3.05, 3.63) is 58.7 Å². The number of carbonyl (C=O) groups excluding carboxylic acids is 3. The van der Waals surface area contributed by atoms with Gasteiger partial charge in [-0.2, -0.15) is 0 Å². The van der Waals surface area contributed by atoms with Crippen molar-refractivity contribution in [1.82, 2.24) is 4.90 Å². The third-order valence-corrected chi connectivity index (χ3v) is 4.99. The summed E-state index contributed by atoms with van der Waals surface area (Å²) >= 11 is 0. The zero-order chi connectivity index (χ0) is 21.1. The highest BCUT2D eigenvalue weighted by molar-refractivity contribution is 6.01. The van der Waals surface area contributed by atoms with Crippen molar-refractivity contribution in [2.45, 2.75) is 33.6 Å². The summed E-state index contributed by atoms with van der Waals surface area (Å²) in [5.74, 6) is -0.449. The van der Waals surface area contributed by atoms with Crippen LogP contribution in [0.5, 0.6) is 0 Å². The maximum absolute atomic E-state index is 12.7. The largest absolute Gasteiger partial charge is 0.332 e. The first-order valence-corrected chi connectivity index (χ1v) is 9.78. The van der Waals surface area contributed by atoms with Crippen molar-refractivity contribution >= 4 is 29.1 Å². The quantitative estimate of drug-likeness (QED) is 0.786. The van der Waals surface area contributed by atoms with E-state index in [-0.39, 0.29) is 30.2 Å². The molecule has 3 rings (SSSR count). The van der Waals surface area contributed by atoms with Crippen LogP contribution >= 0.6 is 0 Å². The van der Waals surface area contributed by atoms with Crippen LogP contribution < -0.4 is 10.6 Å². The lowest BCUT2D eigenvalue weighted by Crippen LogP contribution is -2.35. The van der Waals surface area contributed by atoms with Crippen molar-refractivity contribution in [3.63, 3.8) is 0 Å². The smallest absolute Gasteiger partial charge is 0.254 e. The zero-order valence-electron chi connectivity index (χ0n) is 17.3. The Bertz CT molecular complexity index is 941. The molecular formula is C23H27N3O3. The lowest BCUT2D eigenvalue weighted by molar-refractivity contribution is -0.117. The highest BCUT2D eigenvalue weighted by atomic mass is 16.2. The summed E-state index contributed by atoms with van der Waals surface area (Å²) in [7, 11) is 1.59. The summed E-state index contributed by atoms with van der Waals surface area (Å²) in [6, 6.07) is 10.8. The molecule has 2 N–H and O–H groups in total. The lowest BCUT2D eigenvalue weighted by atomic mass is 10.1. The fraction of sp³-hybridized carbons (Fsp3) is 0.348. The van der Waals surface area contributed by atoms with Gasteiger partial charge in [0.25, 0.3) is 5.91 Å². The van der Waals surface area contributed by atoms with E-state index in [4.69, 9.17) is 0 Å². The van der Waals surface area contributed by atoms with Gasteiger partial charge in [0.05, 0.1) is 6.54 Å². The van der Waals surface area contributed by atoms with Crippen LogP contribution in [0, 0.1) is 26.7 Å². The highest BCUT2D eigenvalue weighted by Gasteiger charge is 2.29. The Morgan fingerprint density at radius 3 is 2.28 bits per heavy atom. The van der Waals surface area contributed by atoms with Gasteiger partial charge in [-0.25, -0.2) is 0 Å². The molecule has 152 valence electrons. The summed E-state index contributed by atoms with van der Waals surface area (Å²) in [5, 5.41) is 5.75. The van der Waals surface area contributed by atoms with E-state index in [0.717, 1.165) is 35.2 Å². The molecule has 0 saturated heterocycles. The van der Waals surface area contributed by atoms with Crippen LogP contribution in [0.4, 0.5) is 11.4 Å². The summed E-state index contributed by atoms with van der Waals surface area (Å²) < 4.78 is 0. The van der Waals surface area contributed by atoms with Crippen molar-refractivity contribution in [3.8, 4) is 0 Å². The third-order valence-electron chi connectivity index (χ3n) is 4.99. The number of carbonyl (C=O) groups is 3. The highest BCUT2D eigenvalue weighted by Crippen LogP contribution is 2.30. The predicted molar refractivity (Wildman–Crippen MR) is 114 cm³/mol. The Labute approximate surface area is 171 Å². The third kappa shape index (κ3) is 5.22. The molecule has 0 radical (unpaired) electrons. The Kier molecular flexibility index (Phi) is 6.01. The van der Waals surface area contributed by atoms with E-state index < -0.39 is 0 Å². The molecule has 2 aromatic carbocycles. The van der Waals surface area contributed by atoms with Gasteiger partial charge in [-0.1, -0.05) is 23.8 Å². The fourth-order valence-corrected chi connectivity index (χ4v) is 3.38. The number of benzene rings is 2. The van der Waals surface area contributed by atoms with Crippen LogP contribution in [-0.4, -0.2) is 36.2 Å². The van der Waals surface area contributed by atoms with Crippen LogP contribution in [0.2, 0.25) is 0 Å². The standard InChI is InChI=1S/C23H27N3O3/c1-14-10-15(2)21(16(3)11-14)25-20(27)13-26(4)23(29)18-6-5-7-19(12-18)24-22(28)17-8-9-17/h5-7,10-12,17H,8-9,13H2,1-4H3,(H,24,28)(H,25,27). The maximum Gasteiger partial charge on any atom is 0.254 e. The first-order valence-electron chi connectivity index (χ1n) is 9.78. The number of likely N-dealkylation sites (N-methyl/N-ethyl adjacent to an activating group) is 1. The molecule has 0 atom stereocenters.